The molecule has 5 heteroatoms. The summed E-state index contributed by atoms with van der Waals surface area (Å²) in [7, 11) is 0. The summed E-state index contributed by atoms with van der Waals surface area (Å²) in [6.07, 6.45) is -0.319. The molecule has 2 rings (SSSR count). The monoisotopic (exact) mass is 241 g/mol. The van der Waals surface area contributed by atoms with Crippen molar-refractivity contribution >= 4 is 23.1 Å². The molecule has 0 aromatic heterocycles. The van der Waals surface area contributed by atoms with Crippen LogP contribution < -0.4 is 0 Å². The van der Waals surface area contributed by atoms with Gasteiger partial charge in [-0.05, 0) is 19.1 Å². The predicted molar refractivity (Wildman–Crippen MR) is 58.1 cm³/mol. The van der Waals surface area contributed by atoms with Crippen molar-refractivity contribution in [3.05, 3.63) is 34.6 Å². The van der Waals surface area contributed by atoms with E-state index in [9.17, 15) is 9.18 Å². The van der Waals surface area contributed by atoms with Gasteiger partial charge < -0.3 is 4.84 Å². The molecule has 0 aliphatic carbocycles. The Balaban J connectivity index is 2.27. The number of benzene rings is 1. The molecule has 3 nitrogen and oxygen atoms in total. The van der Waals surface area contributed by atoms with Crippen LogP contribution in [0.4, 0.5) is 4.39 Å². The Morgan fingerprint density at radius 1 is 1.62 bits per heavy atom. The molecule has 0 N–H and O–H groups in total. The molecule has 1 heterocycles. The average molecular weight is 242 g/mol. The quantitative estimate of drug-likeness (QED) is 0.798. The second-order valence-corrected chi connectivity index (χ2v) is 3.96. The minimum Gasteiger partial charge on any atom is -0.384 e. The number of hydrogen-bond donors (Lipinski definition) is 0. The zero-order valence-electron chi connectivity index (χ0n) is 8.54. The van der Waals surface area contributed by atoms with E-state index in [1.165, 1.54) is 13.0 Å². The minimum atomic E-state index is -0.603. The molecule has 0 bridgehead atoms. The number of oxime groups is 1. The van der Waals surface area contributed by atoms with Crippen molar-refractivity contribution in [1.82, 2.24) is 0 Å². The van der Waals surface area contributed by atoms with Gasteiger partial charge in [0, 0.05) is 12.0 Å². The van der Waals surface area contributed by atoms with Crippen LogP contribution in [0.25, 0.3) is 0 Å². The lowest BCUT2D eigenvalue weighted by Crippen LogP contribution is -2.17. The van der Waals surface area contributed by atoms with Crippen molar-refractivity contribution in [3.8, 4) is 0 Å². The molecular formula is C11H9ClFNO2. The van der Waals surface area contributed by atoms with Crippen molar-refractivity contribution in [3.63, 3.8) is 0 Å². The predicted octanol–water partition coefficient (Wildman–Crippen LogP) is 2.56. The Morgan fingerprint density at radius 2 is 2.38 bits per heavy atom. The van der Waals surface area contributed by atoms with Gasteiger partial charge in [0.05, 0.1) is 10.7 Å². The number of hydrogen-bond acceptors (Lipinski definition) is 3. The van der Waals surface area contributed by atoms with Crippen LogP contribution in [0.2, 0.25) is 5.02 Å². The zero-order valence-corrected chi connectivity index (χ0v) is 9.29. The number of Topliss-reactive ketones (excluding diaryl/α,β-unsaturated/α-hetero) is 1. The number of carbonyl (C=O) groups excluding carboxylic acids is 1. The maximum Gasteiger partial charge on any atom is 0.190 e. The fourth-order valence-corrected chi connectivity index (χ4v) is 1.66. The van der Waals surface area contributed by atoms with E-state index in [4.69, 9.17) is 16.4 Å². The van der Waals surface area contributed by atoms with E-state index in [2.05, 4.69) is 5.16 Å². The summed E-state index contributed by atoms with van der Waals surface area (Å²) in [5, 5.41) is 3.74. The molecule has 1 aliphatic rings. The largest absolute Gasteiger partial charge is 0.384 e. The van der Waals surface area contributed by atoms with Gasteiger partial charge in [0.15, 0.2) is 17.7 Å². The Labute approximate surface area is 96.8 Å². The fourth-order valence-electron chi connectivity index (χ4n) is 1.48. The third-order valence-corrected chi connectivity index (χ3v) is 2.68. The first-order valence-corrected chi connectivity index (χ1v) is 5.15. The highest BCUT2D eigenvalue weighted by Crippen LogP contribution is 2.23. The highest BCUT2D eigenvalue weighted by atomic mass is 35.5. The topological polar surface area (TPSA) is 38.7 Å². The normalized spacial score (nSPS) is 19.2. The van der Waals surface area contributed by atoms with E-state index in [0.717, 1.165) is 0 Å². The molecule has 84 valence electrons. The average Bonchev–Trinajstić information content (AvgIpc) is 2.71. The zero-order chi connectivity index (χ0) is 11.7. The molecule has 0 fully saturated rings. The molecule has 1 aromatic carbocycles. The van der Waals surface area contributed by atoms with Gasteiger partial charge in [-0.3, -0.25) is 4.79 Å². The summed E-state index contributed by atoms with van der Waals surface area (Å²) in [5.74, 6) is -0.656. The Bertz CT molecular complexity index is 473. The smallest absolute Gasteiger partial charge is 0.190 e. The van der Waals surface area contributed by atoms with Gasteiger partial charge in [0.25, 0.3) is 0 Å². The number of halogens is 2. The molecule has 0 amide bonds. The van der Waals surface area contributed by atoms with E-state index in [1.54, 1.807) is 12.1 Å². The fraction of sp³-hybridized carbons (Fsp3) is 0.273. The van der Waals surface area contributed by atoms with Gasteiger partial charge in [0.1, 0.15) is 0 Å². The van der Waals surface area contributed by atoms with E-state index in [1.807, 2.05) is 0 Å². The van der Waals surface area contributed by atoms with Gasteiger partial charge >= 0.3 is 0 Å². The molecule has 1 aromatic rings. The third-order valence-electron chi connectivity index (χ3n) is 2.38. The first-order valence-electron chi connectivity index (χ1n) is 4.77. The number of rotatable bonds is 2. The molecule has 1 atom stereocenters. The Kier molecular flexibility index (Phi) is 2.92. The summed E-state index contributed by atoms with van der Waals surface area (Å²) < 4.78 is 13.6. The van der Waals surface area contributed by atoms with Crippen molar-refractivity contribution in [2.45, 2.75) is 19.4 Å². The van der Waals surface area contributed by atoms with E-state index >= 15 is 0 Å². The van der Waals surface area contributed by atoms with E-state index in [-0.39, 0.29) is 22.8 Å². The van der Waals surface area contributed by atoms with Crippen molar-refractivity contribution < 1.29 is 14.0 Å². The second-order valence-electron chi connectivity index (χ2n) is 3.55. The summed E-state index contributed by atoms with van der Waals surface area (Å²) >= 11 is 5.65. The Morgan fingerprint density at radius 3 is 3.00 bits per heavy atom. The number of carbonyl (C=O) groups is 1. The summed E-state index contributed by atoms with van der Waals surface area (Å²) in [6, 6.07) is 4.65. The molecule has 0 radical (unpaired) electrons. The number of ketones is 1. The lowest BCUT2D eigenvalue weighted by molar-refractivity contribution is -0.126. The SMILES string of the molecule is CC(=O)C1CC(c2cccc(Cl)c2F)=NO1. The second kappa shape index (κ2) is 4.22. The maximum absolute atomic E-state index is 13.6. The van der Waals surface area contributed by atoms with E-state index in [0.29, 0.717) is 5.71 Å². The summed E-state index contributed by atoms with van der Waals surface area (Å²) in [6.45, 7) is 1.41. The van der Waals surface area contributed by atoms with E-state index < -0.39 is 11.9 Å². The van der Waals surface area contributed by atoms with Gasteiger partial charge in [0.2, 0.25) is 0 Å². The van der Waals surface area contributed by atoms with Crippen LogP contribution in [0.1, 0.15) is 18.9 Å². The van der Waals surface area contributed by atoms with Crippen LogP contribution in [0.15, 0.2) is 23.4 Å². The van der Waals surface area contributed by atoms with Crippen LogP contribution in [-0.4, -0.2) is 17.6 Å². The van der Waals surface area contributed by atoms with Gasteiger partial charge in [-0.1, -0.05) is 22.8 Å². The van der Waals surface area contributed by atoms with Crippen LogP contribution in [-0.2, 0) is 9.63 Å². The van der Waals surface area contributed by atoms with Crippen molar-refractivity contribution in [1.29, 1.82) is 0 Å². The standard InChI is InChI=1S/C11H9ClFNO2/c1-6(15)10-5-9(14-16-10)7-3-2-4-8(12)11(7)13/h2-4,10H,5H2,1H3. The minimum absolute atomic E-state index is 0.0338. The van der Waals surface area contributed by atoms with Gasteiger partial charge in [-0.2, -0.15) is 0 Å². The molecule has 0 saturated carbocycles. The first-order chi connectivity index (χ1) is 7.59. The van der Waals surface area contributed by atoms with Crippen LogP contribution in [0.5, 0.6) is 0 Å². The highest BCUT2D eigenvalue weighted by Gasteiger charge is 2.27. The van der Waals surface area contributed by atoms with Gasteiger partial charge in [-0.25, -0.2) is 4.39 Å². The van der Waals surface area contributed by atoms with Crippen molar-refractivity contribution in [2.24, 2.45) is 5.16 Å². The molecular weight excluding hydrogens is 233 g/mol. The van der Waals surface area contributed by atoms with Crippen LogP contribution >= 0.6 is 11.6 Å². The molecule has 0 saturated heterocycles. The maximum atomic E-state index is 13.6. The lowest BCUT2D eigenvalue weighted by atomic mass is 10.0. The van der Waals surface area contributed by atoms with Crippen LogP contribution in [0.3, 0.4) is 0 Å². The molecule has 1 unspecified atom stereocenters. The number of nitrogens with zero attached hydrogens (tertiary/aromatic N) is 1. The lowest BCUT2D eigenvalue weighted by Gasteiger charge is -2.03. The van der Waals surface area contributed by atoms with Crippen molar-refractivity contribution in [2.75, 3.05) is 0 Å². The molecule has 1 aliphatic heterocycles. The molecule has 16 heavy (non-hydrogen) atoms. The first kappa shape index (κ1) is 11.1. The molecule has 0 spiro atoms. The third kappa shape index (κ3) is 1.93. The van der Waals surface area contributed by atoms with Crippen LogP contribution in [0, 0.1) is 5.82 Å². The van der Waals surface area contributed by atoms with Gasteiger partial charge in [-0.15, -0.1) is 0 Å². The summed E-state index contributed by atoms with van der Waals surface area (Å²) in [4.78, 5) is 16.0. The summed E-state index contributed by atoms with van der Waals surface area (Å²) in [5.41, 5.74) is 0.705. The highest BCUT2D eigenvalue weighted by molar-refractivity contribution is 6.31. The Hall–Kier alpha value is -1.42.